The normalized spacial score (nSPS) is 17.0. The summed E-state index contributed by atoms with van der Waals surface area (Å²) >= 11 is 7.60. The highest BCUT2D eigenvalue weighted by atomic mass is 79.9. The summed E-state index contributed by atoms with van der Waals surface area (Å²) in [5, 5.41) is -0.0455. The van der Waals surface area contributed by atoms with E-state index in [1.807, 2.05) is 0 Å². The largest absolute Gasteiger partial charge is 0.284 e. The van der Waals surface area contributed by atoms with Crippen LogP contribution in [0.4, 0.5) is 0 Å². The van der Waals surface area contributed by atoms with E-state index in [4.69, 9.17) is 0 Å². The van der Waals surface area contributed by atoms with E-state index in [-0.39, 0.29) is 21.5 Å². The molecule has 0 atom stereocenters. The fourth-order valence-corrected chi connectivity index (χ4v) is 6.73. The number of benzene rings is 2. The number of sulfonamides is 2. The van der Waals surface area contributed by atoms with Crippen LogP contribution in [0.5, 0.6) is 0 Å². The molecule has 0 bridgehead atoms. The van der Waals surface area contributed by atoms with Gasteiger partial charge in [-0.25, -0.2) is 12.7 Å². The van der Waals surface area contributed by atoms with Crippen LogP contribution in [0.2, 0.25) is 0 Å². The van der Waals surface area contributed by atoms with Crippen molar-refractivity contribution in [2.45, 2.75) is 9.79 Å². The Morgan fingerprint density at radius 1 is 0.846 bits per heavy atom. The summed E-state index contributed by atoms with van der Waals surface area (Å²) in [5.41, 5.74) is 0. The third-order valence-electron chi connectivity index (χ3n) is 3.45. The van der Waals surface area contributed by atoms with E-state index >= 15 is 0 Å². The quantitative estimate of drug-likeness (QED) is 0.591. The molecule has 0 radical (unpaired) electrons. The van der Waals surface area contributed by atoms with E-state index in [1.165, 1.54) is 24.3 Å². The summed E-state index contributed by atoms with van der Waals surface area (Å²) in [4.78, 5) is 0.0821. The SMILES string of the molecule is O=S(=O)(/N=C1\SCCN1S(=O)(=O)c1ccc(Br)cc1)c1ccc(Br)cc1. The molecule has 0 spiro atoms. The fraction of sp³-hybridized carbons (Fsp3) is 0.133. The summed E-state index contributed by atoms with van der Waals surface area (Å²) in [6.07, 6.45) is 0. The lowest BCUT2D eigenvalue weighted by Gasteiger charge is -2.18. The van der Waals surface area contributed by atoms with Gasteiger partial charge in [0, 0.05) is 21.2 Å². The number of halogens is 2. The van der Waals surface area contributed by atoms with Crippen LogP contribution in [0.1, 0.15) is 0 Å². The molecule has 0 unspecified atom stereocenters. The molecule has 0 aromatic heterocycles. The molecule has 0 amide bonds. The molecule has 2 aromatic carbocycles. The summed E-state index contributed by atoms with van der Waals surface area (Å²) < 4.78 is 57.0. The summed E-state index contributed by atoms with van der Waals surface area (Å²) in [7, 11) is -7.89. The van der Waals surface area contributed by atoms with Crippen LogP contribution < -0.4 is 0 Å². The molecule has 0 N–H and O–H groups in total. The van der Waals surface area contributed by atoms with Crippen molar-refractivity contribution >= 4 is 68.8 Å². The number of hydrogen-bond donors (Lipinski definition) is 0. The van der Waals surface area contributed by atoms with Gasteiger partial charge in [-0.3, -0.25) is 0 Å². The van der Waals surface area contributed by atoms with Gasteiger partial charge in [-0.2, -0.15) is 8.42 Å². The zero-order chi connectivity index (χ0) is 18.9. The number of nitrogens with zero attached hydrogens (tertiary/aromatic N) is 2. The van der Waals surface area contributed by atoms with Gasteiger partial charge in [0.1, 0.15) is 0 Å². The Bertz CT molecular complexity index is 1050. The lowest BCUT2D eigenvalue weighted by Crippen LogP contribution is -2.32. The van der Waals surface area contributed by atoms with Crippen molar-refractivity contribution in [2.24, 2.45) is 4.40 Å². The van der Waals surface area contributed by atoms with Gasteiger partial charge in [0.25, 0.3) is 20.0 Å². The van der Waals surface area contributed by atoms with Crippen LogP contribution in [-0.2, 0) is 20.0 Å². The fourth-order valence-electron chi connectivity index (χ4n) is 2.18. The summed E-state index contributed by atoms with van der Waals surface area (Å²) in [6.45, 7) is 0.164. The van der Waals surface area contributed by atoms with E-state index in [0.29, 0.717) is 5.75 Å². The Morgan fingerprint density at radius 2 is 1.35 bits per heavy atom. The predicted octanol–water partition coefficient (Wildman–Crippen LogP) is 3.69. The van der Waals surface area contributed by atoms with E-state index in [9.17, 15) is 16.8 Å². The first kappa shape index (κ1) is 19.9. The highest BCUT2D eigenvalue weighted by molar-refractivity contribution is 9.10. The molecule has 138 valence electrons. The van der Waals surface area contributed by atoms with Crippen LogP contribution >= 0.6 is 43.6 Å². The molecule has 6 nitrogen and oxygen atoms in total. The molecule has 1 aliphatic heterocycles. The maximum atomic E-state index is 12.8. The van der Waals surface area contributed by atoms with E-state index < -0.39 is 20.0 Å². The maximum absolute atomic E-state index is 12.8. The van der Waals surface area contributed by atoms with Crippen molar-refractivity contribution in [1.82, 2.24) is 4.31 Å². The number of hydrogen-bond acceptors (Lipinski definition) is 5. The maximum Gasteiger partial charge on any atom is 0.284 e. The van der Waals surface area contributed by atoms with Gasteiger partial charge in [0.05, 0.1) is 9.79 Å². The third-order valence-corrected chi connectivity index (χ3v) is 8.78. The van der Waals surface area contributed by atoms with Gasteiger partial charge in [0.15, 0.2) is 5.17 Å². The summed E-state index contributed by atoms with van der Waals surface area (Å²) in [5.74, 6) is 0.435. The zero-order valence-electron chi connectivity index (χ0n) is 13.0. The molecule has 3 rings (SSSR count). The minimum atomic E-state index is -4.01. The minimum absolute atomic E-state index is 0.00156. The topological polar surface area (TPSA) is 83.9 Å². The van der Waals surface area contributed by atoms with E-state index in [1.54, 1.807) is 24.3 Å². The molecule has 1 aliphatic rings. The van der Waals surface area contributed by atoms with Gasteiger partial charge >= 0.3 is 0 Å². The molecule has 2 aromatic rings. The van der Waals surface area contributed by atoms with Crippen LogP contribution in [0.15, 0.2) is 71.7 Å². The molecule has 1 fully saturated rings. The molecule has 1 heterocycles. The van der Waals surface area contributed by atoms with Crippen molar-refractivity contribution in [1.29, 1.82) is 0 Å². The molecule has 1 saturated heterocycles. The predicted molar refractivity (Wildman–Crippen MR) is 109 cm³/mol. The second-order valence-corrected chi connectivity index (χ2v) is 11.5. The Balaban J connectivity index is 1.98. The van der Waals surface area contributed by atoms with Crippen LogP contribution in [-0.4, -0.2) is 38.6 Å². The average Bonchev–Trinajstić information content (AvgIpc) is 3.04. The minimum Gasteiger partial charge on any atom is -0.243 e. The van der Waals surface area contributed by atoms with Crippen LogP contribution in [0.25, 0.3) is 0 Å². The highest BCUT2D eigenvalue weighted by Gasteiger charge is 2.33. The van der Waals surface area contributed by atoms with Crippen LogP contribution in [0.3, 0.4) is 0 Å². The summed E-state index contributed by atoms with van der Waals surface area (Å²) in [6, 6.07) is 12.2. The van der Waals surface area contributed by atoms with Crippen molar-refractivity contribution in [3.8, 4) is 0 Å². The number of amidine groups is 1. The monoisotopic (exact) mass is 538 g/mol. The first-order valence-corrected chi connectivity index (χ1v) is 12.7. The van der Waals surface area contributed by atoms with E-state index in [2.05, 4.69) is 36.3 Å². The lowest BCUT2D eigenvalue weighted by atomic mass is 10.4. The Kier molecular flexibility index (Phi) is 5.83. The number of thioether (sulfide) groups is 1. The van der Waals surface area contributed by atoms with Crippen LogP contribution in [0, 0.1) is 0 Å². The average molecular weight is 540 g/mol. The van der Waals surface area contributed by atoms with Gasteiger partial charge in [-0.15, -0.1) is 4.40 Å². The third kappa shape index (κ3) is 4.16. The second-order valence-electron chi connectivity index (χ2n) is 5.18. The Morgan fingerprint density at radius 3 is 1.88 bits per heavy atom. The van der Waals surface area contributed by atoms with Crippen molar-refractivity contribution in [3.05, 3.63) is 57.5 Å². The van der Waals surface area contributed by atoms with E-state index in [0.717, 1.165) is 25.0 Å². The number of rotatable bonds is 4. The molecule has 0 saturated carbocycles. The standard InChI is InChI=1S/C15H12Br2N2O4S3/c16-11-1-5-13(6-2-11)25(20,21)18-15-19(9-10-24-15)26(22,23)14-7-3-12(17)4-8-14/h1-8H,9-10H2/b18-15-. The Labute approximate surface area is 173 Å². The molecule has 0 aliphatic carbocycles. The van der Waals surface area contributed by atoms with Crippen molar-refractivity contribution in [2.75, 3.05) is 12.3 Å². The van der Waals surface area contributed by atoms with Gasteiger partial charge in [-0.1, -0.05) is 43.6 Å². The smallest absolute Gasteiger partial charge is 0.243 e. The van der Waals surface area contributed by atoms with Crippen molar-refractivity contribution in [3.63, 3.8) is 0 Å². The molecule has 26 heavy (non-hydrogen) atoms. The molecular formula is C15H12Br2N2O4S3. The molecular weight excluding hydrogens is 528 g/mol. The Hall–Kier alpha value is -0.880. The lowest BCUT2D eigenvalue weighted by molar-refractivity contribution is 0.540. The molecule has 11 heteroatoms. The first-order chi connectivity index (χ1) is 12.2. The first-order valence-electron chi connectivity index (χ1n) is 7.22. The van der Waals surface area contributed by atoms with Gasteiger partial charge in [0.2, 0.25) is 0 Å². The van der Waals surface area contributed by atoms with Gasteiger partial charge in [-0.05, 0) is 48.5 Å². The zero-order valence-corrected chi connectivity index (χ0v) is 18.7. The van der Waals surface area contributed by atoms with Crippen molar-refractivity contribution < 1.29 is 16.8 Å². The second kappa shape index (κ2) is 7.63. The van der Waals surface area contributed by atoms with Gasteiger partial charge < -0.3 is 0 Å². The highest BCUT2D eigenvalue weighted by Crippen LogP contribution is 2.28.